The largest absolute Gasteiger partial charge is 0.433 e. The Bertz CT molecular complexity index is 647. The van der Waals surface area contributed by atoms with E-state index in [4.69, 9.17) is 10.7 Å². The lowest BCUT2D eigenvalue weighted by Crippen LogP contribution is -2.27. The van der Waals surface area contributed by atoms with Gasteiger partial charge in [-0.3, -0.25) is 9.78 Å². The summed E-state index contributed by atoms with van der Waals surface area (Å²) in [6.07, 6.45) is -4.08. The van der Waals surface area contributed by atoms with Gasteiger partial charge >= 0.3 is 6.18 Å². The molecule has 2 heterocycles. The molecular formula is C10H8ClF3N2O3S. The van der Waals surface area contributed by atoms with Crippen molar-refractivity contribution < 1.29 is 26.4 Å². The van der Waals surface area contributed by atoms with Crippen LogP contribution in [0, 0.1) is 0 Å². The van der Waals surface area contributed by atoms with Crippen LogP contribution in [0.1, 0.15) is 12.1 Å². The first-order valence-electron chi connectivity index (χ1n) is 5.36. The Labute approximate surface area is 116 Å². The summed E-state index contributed by atoms with van der Waals surface area (Å²) in [5.41, 5.74) is -1.21. The number of amides is 1. The van der Waals surface area contributed by atoms with Crippen LogP contribution in [-0.2, 0) is 20.0 Å². The molecule has 0 aromatic carbocycles. The Hall–Kier alpha value is -1.35. The minimum Gasteiger partial charge on any atom is -0.311 e. The van der Waals surface area contributed by atoms with E-state index < -0.39 is 32.1 Å². The maximum atomic E-state index is 12.5. The molecule has 20 heavy (non-hydrogen) atoms. The second kappa shape index (κ2) is 4.88. The van der Waals surface area contributed by atoms with Crippen molar-refractivity contribution in [3.05, 3.63) is 24.0 Å². The van der Waals surface area contributed by atoms with E-state index in [0.29, 0.717) is 6.07 Å². The molecule has 0 N–H and O–H groups in total. The third kappa shape index (κ3) is 3.04. The fourth-order valence-electron chi connectivity index (χ4n) is 1.86. The molecule has 1 aliphatic heterocycles. The van der Waals surface area contributed by atoms with E-state index in [1.165, 1.54) is 6.07 Å². The zero-order chi connectivity index (χ0) is 15.1. The van der Waals surface area contributed by atoms with Crippen LogP contribution in [0.5, 0.6) is 0 Å². The summed E-state index contributed by atoms with van der Waals surface area (Å²) in [5, 5.41) is -1.13. The lowest BCUT2D eigenvalue weighted by atomic mass is 10.3. The van der Waals surface area contributed by atoms with Gasteiger partial charge in [0, 0.05) is 35.5 Å². The third-order valence-corrected chi connectivity index (χ3v) is 4.70. The molecule has 1 saturated heterocycles. The Kier molecular flexibility index (Phi) is 3.67. The van der Waals surface area contributed by atoms with Gasteiger partial charge in [0.25, 0.3) is 0 Å². The first kappa shape index (κ1) is 15.0. The maximum absolute atomic E-state index is 12.5. The average Bonchev–Trinajstić information content (AvgIpc) is 2.70. The van der Waals surface area contributed by atoms with Crippen molar-refractivity contribution in [2.24, 2.45) is 0 Å². The van der Waals surface area contributed by atoms with E-state index in [0.717, 1.165) is 11.1 Å². The molecule has 10 heteroatoms. The van der Waals surface area contributed by atoms with Crippen LogP contribution in [0.4, 0.5) is 18.9 Å². The van der Waals surface area contributed by atoms with Crippen LogP contribution < -0.4 is 4.90 Å². The number of alkyl halides is 3. The fourth-order valence-corrected chi connectivity index (χ4v) is 2.88. The van der Waals surface area contributed by atoms with E-state index >= 15 is 0 Å². The zero-order valence-electron chi connectivity index (χ0n) is 9.76. The number of aromatic nitrogens is 1. The smallest absolute Gasteiger partial charge is 0.311 e. The molecule has 1 atom stereocenters. The van der Waals surface area contributed by atoms with Gasteiger partial charge in [-0.1, -0.05) is 0 Å². The molecule has 0 bridgehead atoms. The number of hydrogen-bond acceptors (Lipinski definition) is 4. The van der Waals surface area contributed by atoms with Gasteiger partial charge in [0.15, 0.2) is 0 Å². The lowest BCUT2D eigenvalue weighted by molar-refractivity contribution is -0.141. The summed E-state index contributed by atoms with van der Waals surface area (Å²) < 4.78 is 60.0. The normalized spacial score (nSPS) is 20.5. The van der Waals surface area contributed by atoms with Gasteiger partial charge in [-0.25, -0.2) is 8.42 Å². The van der Waals surface area contributed by atoms with Gasteiger partial charge in [0.05, 0.1) is 0 Å². The quantitative estimate of drug-likeness (QED) is 0.776. The highest BCUT2D eigenvalue weighted by atomic mass is 35.7. The molecule has 0 saturated carbocycles. The Morgan fingerprint density at radius 1 is 1.40 bits per heavy atom. The SMILES string of the molecule is O=C1CC(S(=O)(=O)Cl)CN1c1ccnc(C(F)(F)F)c1. The van der Waals surface area contributed by atoms with Gasteiger partial charge in [0.1, 0.15) is 10.9 Å². The van der Waals surface area contributed by atoms with E-state index in [9.17, 15) is 26.4 Å². The topological polar surface area (TPSA) is 67.3 Å². The molecular weight excluding hydrogens is 321 g/mol. The van der Waals surface area contributed by atoms with Crippen LogP contribution >= 0.6 is 10.7 Å². The van der Waals surface area contributed by atoms with Crippen molar-refractivity contribution in [1.29, 1.82) is 0 Å². The van der Waals surface area contributed by atoms with Crippen molar-refractivity contribution in [1.82, 2.24) is 4.98 Å². The summed E-state index contributed by atoms with van der Waals surface area (Å²) in [5.74, 6) is -0.599. The number of carbonyl (C=O) groups is 1. The van der Waals surface area contributed by atoms with Crippen LogP contribution in [0.2, 0.25) is 0 Å². The summed E-state index contributed by atoms with van der Waals surface area (Å²) in [6.45, 7) is -0.272. The van der Waals surface area contributed by atoms with Crippen LogP contribution in [0.3, 0.4) is 0 Å². The number of hydrogen-bond donors (Lipinski definition) is 0. The first-order chi connectivity index (χ1) is 9.09. The predicted octanol–water partition coefficient (Wildman–Crippen LogP) is 1.77. The number of anilines is 1. The number of halogens is 4. The van der Waals surface area contributed by atoms with Gasteiger partial charge in [-0.15, -0.1) is 0 Å². The highest BCUT2D eigenvalue weighted by Crippen LogP contribution is 2.32. The van der Waals surface area contributed by atoms with Crippen molar-refractivity contribution in [2.75, 3.05) is 11.4 Å². The summed E-state index contributed by atoms with van der Waals surface area (Å²) in [7, 11) is 1.22. The third-order valence-electron chi connectivity index (χ3n) is 2.83. The summed E-state index contributed by atoms with van der Waals surface area (Å²) in [4.78, 5) is 15.8. The summed E-state index contributed by atoms with van der Waals surface area (Å²) in [6, 6.07) is 1.90. The monoisotopic (exact) mass is 328 g/mol. The Balaban J connectivity index is 2.32. The second-order valence-corrected chi connectivity index (χ2v) is 7.11. The minimum atomic E-state index is -4.64. The molecule has 1 unspecified atom stereocenters. The first-order valence-corrected chi connectivity index (χ1v) is 7.73. The van der Waals surface area contributed by atoms with Crippen molar-refractivity contribution in [2.45, 2.75) is 17.8 Å². The standard InChI is InChI=1S/C10H8ClF3N2O3S/c11-20(18,19)7-4-9(17)16(5-7)6-1-2-15-8(3-6)10(12,13)14/h1-3,7H,4-5H2. The number of carbonyl (C=O) groups excluding carboxylic acids is 1. The van der Waals surface area contributed by atoms with Crippen LogP contribution in [-0.4, -0.2) is 31.1 Å². The predicted molar refractivity (Wildman–Crippen MR) is 64.8 cm³/mol. The van der Waals surface area contributed by atoms with E-state index in [1.54, 1.807) is 0 Å². The van der Waals surface area contributed by atoms with Gasteiger partial charge in [-0.2, -0.15) is 13.2 Å². The average molecular weight is 329 g/mol. The maximum Gasteiger partial charge on any atom is 0.433 e. The highest BCUT2D eigenvalue weighted by Gasteiger charge is 2.39. The number of rotatable bonds is 2. The molecule has 0 radical (unpaired) electrons. The minimum absolute atomic E-state index is 0.0554. The van der Waals surface area contributed by atoms with E-state index in [2.05, 4.69) is 4.98 Å². The van der Waals surface area contributed by atoms with Crippen LogP contribution in [0.25, 0.3) is 0 Å². The molecule has 0 aliphatic carbocycles. The second-order valence-electron chi connectivity index (χ2n) is 4.20. The fraction of sp³-hybridized carbons (Fsp3) is 0.400. The van der Waals surface area contributed by atoms with Crippen LogP contribution in [0.15, 0.2) is 18.3 Å². The Morgan fingerprint density at radius 2 is 2.05 bits per heavy atom. The lowest BCUT2D eigenvalue weighted by Gasteiger charge is -2.17. The van der Waals surface area contributed by atoms with Crippen molar-refractivity contribution in [3.63, 3.8) is 0 Å². The number of nitrogens with zero attached hydrogens (tertiary/aromatic N) is 2. The molecule has 110 valence electrons. The van der Waals surface area contributed by atoms with E-state index in [-0.39, 0.29) is 18.7 Å². The van der Waals surface area contributed by atoms with Gasteiger partial charge in [-0.05, 0) is 12.1 Å². The molecule has 1 aliphatic rings. The molecule has 1 aromatic rings. The van der Waals surface area contributed by atoms with E-state index in [1.807, 2.05) is 0 Å². The van der Waals surface area contributed by atoms with Crippen molar-refractivity contribution in [3.8, 4) is 0 Å². The zero-order valence-corrected chi connectivity index (χ0v) is 11.3. The molecule has 1 fully saturated rings. The summed E-state index contributed by atoms with van der Waals surface area (Å²) >= 11 is 0. The van der Waals surface area contributed by atoms with Crippen molar-refractivity contribution >= 4 is 31.3 Å². The molecule has 2 rings (SSSR count). The van der Waals surface area contributed by atoms with Gasteiger partial charge in [0.2, 0.25) is 15.0 Å². The van der Waals surface area contributed by atoms with Gasteiger partial charge < -0.3 is 4.90 Å². The molecule has 1 amide bonds. The molecule has 0 spiro atoms. The molecule has 1 aromatic heterocycles. The Morgan fingerprint density at radius 3 is 2.55 bits per heavy atom. The number of pyridine rings is 1. The molecule has 5 nitrogen and oxygen atoms in total. The highest BCUT2D eigenvalue weighted by molar-refractivity contribution is 8.14.